The largest absolute Gasteiger partial charge is 0.383 e. The van der Waals surface area contributed by atoms with Gasteiger partial charge in [0.1, 0.15) is 11.0 Å². The molecule has 2 aromatic rings. The highest BCUT2D eigenvalue weighted by atomic mass is 32.2. The second-order valence-electron chi connectivity index (χ2n) is 8.86. The van der Waals surface area contributed by atoms with Crippen LogP contribution in [0.2, 0.25) is 0 Å². The first kappa shape index (κ1) is 22.9. The smallest absolute Gasteiger partial charge is 0.316 e. The number of rotatable bonds is 8. The van der Waals surface area contributed by atoms with Gasteiger partial charge < -0.3 is 15.8 Å². The van der Waals surface area contributed by atoms with Gasteiger partial charge in [0, 0.05) is 25.9 Å². The summed E-state index contributed by atoms with van der Waals surface area (Å²) in [6.45, 7) is 2.26. The van der Waals surface area contributed by atoms with Crippen molar-refractivity contribution in [2.24, 2.45) is 10.9 Å². The third-order valence-electron chi connectivity index (χ3n) is 6.67. The molecule has 0 saturated carbocycles. The number of urea groups is 1. The van der Waals surface area contributed by atoms with Crippen molar-refractivity contribution in [3.8, 4) is 0 Å². The molecule has 172 valence electrons. The summed E-state index contributed by atoms with van der Waals surface area (Å²) >= 11 is 0. The van der Waals surface area contributed by atoms with Gasteiger partial charge in [-0.2, -0.15) is 0 Å². The monoisotopic (exact) mass is 456 g/mol. The Morgan fingerprint density at radius 2 is 2.03 bits per heavy atom. The van der Waals surface area contributed by atoms with Crippen LogP contribution in [0, 0.1) is 0 Å². The normalized spacial score (nSPS) is 17.9. The molecule has 2 amide bonds. The standard InChI is InChI=1S/C24H32N4O3S/c1-28(8-9-31-2)14-16-6-7-19(32(26)30)13-21(16)18-11-17-10-15-4-3-5-20(15)23(22(17)12-18)27-24(25)29/h6-7,10,13,18H,3-5,8-9,11-12,14,26H2,1-2H3,(H3,25,27,29). The number of carbonyl (C=O) groups is 1. The number of carbonyl (C=O) groups excluding carboxylic acids is 1. The molecule has 2 aliphatic rings. The number of likely N-dealkylation sites (N-methyl/N-ethyl adjacent to an activating group) is 1. The van der Waals surface area contributed by atoms with Crippen LogP contribution in [0.15, 0.2) is 29.2 Å². The quantitative estimate of drug-likeness (QED) is 0.567. The number of hydrogen-bond donors (Lipinski definition) is 3. The number of nitrogens with one attached hydrogen (secondary N) is 1. The van der Waals surface area contributed by atoms with Crippen LogP contribution >= 0.6 is 0 Å². The molecule has 2 aromatic carbocycles. The molecule has 0 radical (unpaired) electrons. The first-order valence-electron chi connectivity index (χ1n) is 11.1. The molecule has 0 bridgehead atoms. The molecule has 0 spiro atoms. The second-order valence-corrected chi connectivity index (χ2v) is 9.93. The number of nitrogens with two attached hydrogens (primary N) is 2. The lowest BCUT2D eigenvalue weighted by molar-refractivity contribution is 0.158. The van der Waals surface area contributed by atoms with Crippen molar-refractivity contribution in [3.63, 3.8) is 0 Å². The molecule has 4 rings (SSSR count). The van der Waals surface area contributed by atoms with Gasteiger partial charge in [-0.25, -0.2) is 14.1 Å². The molecule has 0 fully saturated rings. The van der Waals surface area contributed by atoms with E-state index in [0.717, 1.165) is 50.9 Å². The van der Waals surface area contributed by atoms with E-state index in [1.54, 1.807) is 7.11 Å². The molecule has 0 aromatic heterocycles. The Balaban J connectivity index is 1.69. The first-order valence-corrected chi connectivity index (χ1v) is 12.3. The summed E-state index contributed by atoms with van der Waals surface area (Å²) < 4.78 is 17.2. The fourth-order valence-electron chi connectivity index (χ4n) is 5.18. The van der Waals surface area contributed by atoms with Crippen molar-refractivity contribution in [3.05, 3.63) is 57.6 Å². The molecule has 0 heterocycles. The van der Waals surface area contributed by atoms with E-state index in [0.29, 0.717) is 11.5 Å². The van der Waals surface area contributed by atoms with Gasteiger partial charge in [0.25, 0.3) is 0 Å². The SMILES string of the molecule is COCCN(C)Cc1ccc(S(N)=O)cc1C1Cc2cc3c(c(NC(N)=O)c2C1)CCC3. The highest BCUT2D eigenvalue weighted by Gasteiger charge is 2.31. The average Bonchev–Trinajstić information content (AvgIpc) is 3.39. The zero-order chi connectivity index (χ0) is 22.8. The van der Waals surface area contributed by atoms with Gasteiger partial charge in [0.2, 0.25) is 0 Å². The Hall–Kier alpha value is -2.26. The van der Waals surface area contributed by atoms with Crippen LogP contribution in [0.5, 0.6) is 0 Å². The molecule has 2 aliphatic carbocycles. The van der Waals surface area contributed by atoms with E-state index in [-0.39, 0.29) is 5.92 Å². The van der Waals surface area contributed by atoms with E-state index in [2.05, 4.69) is 23.3 Å². The summed E-state index contributed by atoms with van der Waals surface area (Å²) in [6, 6.07) is 7.71. The van der Waals surface area contributed by atoms with Gasteiger partial charge in [-0.1, -0.05) is 12.1 Å². The molecule has 8 heteroatoms. The van der Waals surface area contributed by atoms with Crippen molar-refractivity contribution in [1.29, 1.82) is 0 Å². The maximum Gasteiger partial charge on any atom is 0.316 e. The summed E-state index contributed by atoms with van der Waals surface area (Å²) in [5.41, 5.74) is 13.8. The third-order valence-corrected chi connectivity index (χ3v) is 7.39. The zero-order valence-corrected chi connectivity index (χ0v) is 19.6. The fraction of sp³-hybridized carbons (Fsp3) is 0.458. The summed E-state index contributed by atoms with van der Waals surface area (Å²) in [7, 11) is 2.24. The zero-order valence-electron chi connectivity index (χ0n) is 18.8. The van der Waals surface area contributed by atoms with Crippen LogP contribution in [0.4, 0.5) is 10.5 Å². The molecule has 2 unspecified atom stereocenters. The maximum absolute atomic E-state index is 12.0. The van der Waals surface area contributed by atoms with Crippen LogP contribution in [-0.2, 0) is 48.0 Å². The molecular weight excluding hydrogens is 424 g/mol. The summed E-state index contributed by atoms with van der Waals surface area (Å²) in [6.07, 6.45) is 4.81. The Labute approximate surface area is 192 Å². The molecule has 5 N–H and O–H groups in total. The summed E-state index contributed by atoms with van der Waals surface area (Å²) in [5.74, 6) is 0.232. The number of ether oxygens (including phenoxy) is 1. The van der Waals surface area contributed by atoms with Crippen LogP contribution in [0.25, 0.3) is 0 Å². The van der Waals surface area contributed by atoms with Crippen molar-refractivity contribution in [1.82, 2.24) is 4.90 Å². The predicted octanol–water partition coefficient (Wildman–Crippen LogP) is 2.61. The highest BCUT2D eigenvalue weighted by Crippen LogP contribution is 2.44. The number of amides is 2. The topological polar surface area (TPSA) is 111 Å². The summed E-state index contributed by atoms with van der Waals surface area (Å²) in [5, 5.41) is 8.64. The Kier molecular flexibility index (Phi) is 6.95. The van der Waals surface area contributed by atoms with Crippen LogP contribution in [0.1, 0.15) is 45.7 Å². The van der Waals surface area contributed by atoms with Crippen molar-refractivity contribution >= 4 is 22.7 Å². The lowest BCUT2D eigenvalue weighted by atomic mass is 9.91. The van der Waals surface area contributed by atoms with E-state index in [1.807, 2.05) is 18.2 Å². The average molecular weight is 457 g/mol. The number of aryl methyl sites for hydroxylation is 1. The predicted molar refractivity (Wildman–Crippen MR) is 127 cm³/mol. The van der Waals surface area contributed by atoms with E-state index < -0.39 is 17.0 Å². The van der Waals surface area contributed by atoms with Crippen LogP contribution in [-0.4, -0.2) is 42.4 Å². The van der Waals surface area contributed by atoms with Crippen LogP contribution in [0.3, 0.4) is 0 Å². The number of primary amides is 1. The fourth-order valence-corrected chi connectivity index (χ4v) is 5.63. The lowest BCUT2D eigenvalue weighted by Gasteiger charge is -2.22. The van der Waals surface area contributed by atoms with Gasteiger partial charge >= 0.3 is 6.03 Å². The van der Waals surface area contributed by atoms with Gasteiger partial charge in [-0.15, -0.1) is 0 Å². The van der Waals surface area contributed by atoms with Gasteiger partial charge in [0.15, 0.2) is 0 Å². The maximum atomic E-state index is 12.0. The van der Waals surface area contributed by atoms with E-state index in [1.165, 1.54) is 33.4 Å². The van der Waals surface area contributed by atoms with Gasteiger partial charge in [-0.05, 0) is 90.6 Å². The number of anilines is 1. The minimum Gasteiger partial charge on any atom is -0.383 e. The molecule has 32 heavy (non-hydrogen) atoms. The number of nitrogens with zero attached hydrogens (tertiary/aromatic N) is 1. The third kappa shape index (κ3) is 4.73. The molecule has 0 aliphatic heterocycles. The van der Waals surface area contributed by atoms with Crippen molar-refractivity contribution < 1.29 is 13.7 Å². The van der Waals surface area contributed by atoms with E-state index in [9.17, 15) is 9.00 Å². The molecule has 0 saturated heterocycles. The lowest BCUT2D eigenvalue weighted by Crippen LogP contribution is -2.23. The number of benzene rings is 2. The molecular formula is C24H32N4O3S. The number of methoxy groups -OCH3 is 1. The molecule has 2 atom stereocenters. The van der Waals surface area contributed by atoms with Crippen LogP contribution < -0.4 is 16.2 Å². The van der Waals surface area contributed by atoms with Gasteiger partial charge in [0.05, 0.1) is 11.5 Å². The number of fused-ring (bicyclic) bond motifs is 2. The van der Waals surface area contributed by atoms with Gasteiger partial charge in [-0.3, -0.25) is 4.90 Å². The Morgan fingerprint density at radius 1 is 1.22 bits per heavy atom. The summed E-state index contributed by atoms with van der Waals surface area (Å²) in [4.78, 5) is 14.6. The van der Waals surface area contributed by atoms with Crippen molar-refractivity contribution in [2.45, 2.75) is 49.5 Å². The highest BCUT2D eigenvalue weighted by molar-refractivity contribution is 7.82. The Bertz CT molecular complexity index is 1060. The second kappa shape index (κ2) is 9.70. The van der Waals surface area contributed by atoms with E-state index in [4.69, 9.17) is 15.6 Å². The molecule has 7 nitrogen and oxygen atoms in total. The minimum atomic E-state index is -1.53. The van der Waals surface area contributed by atoms with Crippen molar-refractivity contribution in [2.75, 3.05) is 32.6 Å². The Morgan fingerprint density at radius 3 is 2.75 bits per heavy atom. The number of hydrogen-bond acceptors (Lipinski definition) is 4. The first-order chi connectivity index (χ1) is 15.4. The minimum absolute atomic E-state index is 0.232. The van der Waals surface area contributed by atoms with E-state index >= 15 is 0 Å².